The lowest BCUT2D eigenvalue weighted by molar-refractivity contribution is -0.126. The van der Waals surface area contributed by atoms with E-state index in [0.717, 1.165) is 37.0 Å². The van der Waals surface area contributed by atoms with Crippen LogP contribution in [0.1, 0.15) is 49.1 Å². The van der Waals surface area contributed by atoms with Crippen LogP contribution in [0.15, 0.2) is 36.4 Å². The molecule has 1 amide bonds. The number of hydrogen-bond acceptors (Lipinski definition) is 3. The van der Waals surface area contributed by atoms with Crippen LogP contribution in [0.5, 0.6) is 0 Å². The number of Topliss-reactive ketones (excluding diaryl/α,β-unsaturated/α-hetero) is 1. The average Bonchev–Trinajstić information content (AvgIpc) is 2.99. The van der Waals surface area contributed by atoms with Gasteiger partial charge in [0.15, 0.2) is 5.78 Å². The van der Waals surface area contributed by atoms with E-state index in [9.17, 15) is 14.0 Å². The van der Waals surface area contributed by atoms with Crippen LogP contribution in [0.2, 0.25) is 5.02 Å². The third kappa shape index (κ3) is 4.13. The lowest BCUT2D eigenvalue weighted by Gasteiger charge is -2.35. The van der Waals surface area contributed by atoms with Gasteiger partial charge in [-0.1, -0.05) is 29.8 Å². The summed E-state index contributed by atoms with van der Waals surface area (Å²) in [6.07, 6.45) is 4.14. The highest BCUT2D eigenvalue weighted by Crippen LogP contribution is 2.42. The van der Waals surface area contributed by atoms with Crippen LogP contribution in [0.3, 0.4) is 0 Å². The molecule has 2 fully saturated rings. The molecule has 31 heavy (non-hydrogen) atoms. The molecule has 2 aromatic rings. The van der Waals surface area contributed by atoms with Gasteiger partial charge in [-0.3, -0.25) is 9.59 Å². The molecule has 1 N–H and O–H groups in total. The van der Waals surface area contributed by atoms with Gasteiger partial charge in [-0.05, 0) is 85.4 Å². The Bertz CT molecular complexity index is 1010. The molecular weight excluding hydrogens is 417 g/mol. The fourth-order valence-electron chi connectivity index (χ4n) is 4.97. The molecule has 1 heterocycles. The number of ether oxygens (including phenoxy) is 1. The molecule has 6 heteroatoms. The van der Waals surface area contributed by atoms with Crippen LogP contribution >= 0.6 is 11.6 Å². The summed E-state index contributed by atoms with van der Waals surface area (Å²) in [5.74, 6) is -1.07. The van der Waals surface area contributed by atoms with E-state index in [1.54, 1.807) is 13.2 Å². The summed E-state index contributed by atoms with van der Waals surface area (Å²) in [6.45, 7) is 2.62. The van der Waals surface area contributed by atoms with Gasteiger partial charge >= 0.3 is 0 Å². The van der Waals surface area contributed by atoms with Gasteiger partial charge in [-0.15, -0.1) is 0 Å². The predicted molar refractivity (Wildman–Crippen MR) is 119 cm³/mol. The quantitative estimate of drug-likeness (QED) is 0.646. The van der Waals surface area contributed by atoms with Crippen LogP contribution in [-0.2, 0) is 14.3 Å². The number of aryl methyl sites for hydroxylation is 1. The normalized spacial score (nSPS) is 25.8. The second-order valence-corrected chi connectivity index (χ2v) is 9.20. The molecule has 2 aromatic carbocycles. The zero-order chi connectivity index (χ0) is 22.2. The fourth-order valence-corrected chi connectivity index (χ4v) is 5.09. The first-order valence-corrected chi connectivity index (χ1v) is 11.1. The molecule has 0 bridgehead atoms. The smallest absolute Gasteiger partial charge is 0.235 e. The summed E-state index contributed by atoms with van der Waals surface area (Å²) in [7, 11) is 1.70. The second-order valence-electron chi connectivity index (χ2n) is 8.79. The molecule has 0 aromatic heterocycles. The maximum atomic E-state index is 14.0. The molecular formula is C25H27ClFNO3. The van der Waals surface area contributed by atoms with Crippen LogP contribution in [0, 0.1) is 18.7 Å². The summed E-state index contributed by atoms with van der Waals surface area (Å²) < 4.78 is 19.1. The Morgan fingerprint density at radius 2 is 1.81 bits per heavy atom. The van der Waals surface area contributed by atoms with Crippen LogP contribution in [0.4, 0.5) is 4.39 Å². The number of rotatable bonds is 5. The lowest BCUT2D eigenvalue weighted by atomic mass is 9.72. The zero-order valence-electron chi connectivity index (χ0n) is 17.8. The fraction of sp³-hybridized carbons (Fsp3) is 0.440. The third-order valence-corrected chi connectivity index (χ3v) is 7.20. The maximum Gasteiger partial charge on any atom is 0.235 e. The van der Waals surface area contributed by atoms with Crippen molar-refractivity contribution in [2.45, 2.75) is 50.5 Å². The van der Waals surface area contributed by atoms with Crippen molar-refractivity contribution in [1.82, 2.24) is 5.32 Å². The Hall–Kier alpha value is -2.24. The summed E-state index contributed by atoms with van der Waals surface area (Å²) in [5, 5.41) is 3.11. The molecule has 1 aliphatic heterocycles. The predicted octanol–water partition coefficient (Wildman–Crippen LogP) is 5.20. The van der Waals surface area contributed by atoms with Gasteiger partial charge in [0.05, 0.1) is 10.6 Å². The van der Waals surface area contributed by atoms with E-state index in [2.05, 4.69) is 5.32 Å². The van der Waals surface area contributed by atoms with E-state index in [-0.39, 0.29) is 16.7 Å². The van der Waals surface area contributed by atoms with Crippen molar-refractivity contribution in [3.8, 4) is 11.1 Å². The number of hydrogen-bond donors (Lipinski definition) is 1. The van der Waals surface area contributed by atoms with E-state index < -0.39 is 17.3 Å². The van der Waals surface area contributed by atoms with Crippen molar-refractivity contribution in [2.24, 2.45) is 5.92 Å². The number of benzene rings is 2. The highest BCUT2D eigenvalue weighted by molar-refractivity contribution is 6.30. The highest BCUT2D eigenvalue weighted by Gasteiger charge is 2.54. The molecule has 1 saturated carbocycles. The monoisotopic (exact) mass is 443 g/mol. The number of carbonyl (C=O) groups excluding carboxylic acids is 2. The molecule has 0 radical (unpaired) electrons. The topological polar surface area (TPSA) is 55.4 Å². The van der Waals surface area contributed by atoms with E-state index in [1.165, 1.54) is 12.1 Å². The van der Waals surface area contributed by atoms with Gasteiger partial charge in [0.1, 0.15) is 11.7 Å². The first kappa shape index (κ1) is 22.0. The van der Waals surface area contributed by atoms with Crippen molar-refractivity contribution in [1.29, 1.82) is 0 Å². The standard InChI is InChI=1S/C25H27ClFNO3/c1-15-3-4-17(18-5-6-20(26)21(27)14-18)13-19(15)22-23(29)25(28-24(22)30)10-7-16(8-11-25)9-12-31-2/h3-6,13-14,16,22H,7-12H2,1-2H3,(H,28,30). The van der Waals surface area contributed by atoms with Crippen molar-refractivity contribution in [2.75, 3.05) is 13.7 Å². The lowest BCUT2D eigenvalue weighted by Crippen LogP contribution is -2.49. The van der Waals surface area contributed by atoms with Crippen molar-refractivity contribution < 1.29 is 18.7 Å². The van der Waals surface area contributed by atoms with Crippen LogP contribution < -0.4 is 5.32 Å². The maximum absolute atomic E-state index is 14.0. The summed E-state index contributed by atoms with van der Waals surface area (Å²) >= 11 is 5.81. The minimum atomic E-state index is -0.826. The van der Waals surface area contributed by atoms with Gasteiger partial charge in [-0.25, -0.2) is 4.39 Å². The zero-order valence-corrected chi connectivity index (χ0v) is 18.6. The van der Waals surface area contributed by atoms with Gasteiger partial charge < -0.3 is 10.1 Å². The molecule has 1 atom stereocenters. The largest absolute Gasteiger partial charge is 0.385 e. The van der Waals surface area contributed by atoms with E-state index in [0.29, 0.717) is 29.9 Å². The summed E-state index contributed by atoms with van der Waals surface area (Å²) in [6, 6.07) is 10.2. The summed E-state index contributed by atoms with van der Waals surface area (Å²) in [5.41, 5.74) is 2.20. The Labute approximate surface area is 187 Å². The molecule has 4 rings (SSSR count). The molecule has 4 nitrogen and oxygen atoms in total. The van der Waals surface area contributed by atoms with Gasteiger partial charge in [0, 0.05) is 13.7 Å². The molecule has 164 valence electrons. The third-order valence-electron chi connectivity index (χ3n) is 6.89. The van der Waals surface area contributed by atoms with E-state index in [4.69, 9.17) is 16.3 Å². The van der Waals surface area contributed by atoms with Crippen LogP contribution in [-0.4, -0.2) is 30.9 Å². The Kier molecular flexibility index (Phi) is 6.18. The minimum absolute atomic E-state index is 0.0368. The number of halogens is 2. The van der Waals surface area contributed by atoms with Crippen LogP contribution in [0.25, 0.3) is 11.1 Å². The number of carbonyl (C=O) groups is 2. The molecule has 2 aliphatic rings. The number of ketones is 1. The van der Waals surface area contributed by atoms with Gasteiger partial charge in [-0.2, -0.15) is 0 Å². The molecule has 1 aliphatic carbocycles. The van der Waals surface area contributed by atoms with Gasteiger partial charge in [0.25, 0.3) is 0 Å². The number of nitrogens with one attached hydrogen (secondary N) is 1. The van der Waals surface area contributed by atoms with E-state index >= 15 is 0 Å². The van der Waals surface area contributed by atoms with Crippen molar-refractivity contribution in [3.63, 3.8) is 0 Å². The summed E-state index contributed by atoms with van der Waals surface area (Å²) in [4.78, 5) is 26.5. The molecule has 1 unspecified atom stereocenters. The van der Waals surface area contributed by atoms with Crippen molar-refractivity contribution in [3.05, 3.63) is 58.4 Å². The molecule has 1 spiro atoms. The Morgan fingerprint density at radius 3 is 2.48 bits per heavy atom. The Morgan fingerprint density at radius 1 is 1.13 bits per heavy atom. The minimum Gasteiger partial charge on any atom is -0.385 e. The second kappa shape index (κ2) is 8.71. The first-order chi connectivity index (χ1) is 14.8. The first-order valence-electron chi connectivity index (χ1n) is 10.8. The van der Waals surface area contributed by atoms with Crippen molar-refractivity contribution >= 4 is 23.3 Å². The SMILES string of the molecule is COCCC1CCC2(CC1)NC(=O)C(c1cc(-c3ccc(Cl)c(F)c3)ccc1C)C2=O. The van der Waals surface area contributed by atoms with E-state index in [1.807, 2.05) is 25.1 Å². The number of amides is 1. The molecule has 1 saturated heterocycles. The van der Waals surface area contributed by atoms with Gasteiger partial charge in [0.2, 0.25) is 5.91 Å². The Balaban J connectivity index is 1.60. The average molecular weight is 444 g/mol. The highest BCUT2D eigenvalue weighted by atomic mass is 35.5. The number of methoxy groups -OCH3 is 1.